The summed E-state index contributed by atoms with van der Waals surface area (Å²) in [6.07, 6.45) is 1.98. The Morgan fingerprint density at radius 1 is 1.00 bits per heavy atom. The van der Waals surface area contributed by atoms with E-state index in [1.54, 1.807) is 12.3 Å². The van der Waals surface area contributed by atoms with Gasteiger partial charge in [-0.05, 0) is 48.7 Å². The van der Waals surface area contributed by atoms with Crippen LogP contribution in [-0.4, -0.2) is 28.3 Å². The molecule has 1 aliphatic heterocycles. The van der Waals surface area contributed by atoms with Crippen LogP contribution in [0.4, 0.5) is 19.0 Å². The summed E-state index contributed by atoms with van der Waals surface area (Å²) in [5.74, 6) is 1.52. The first-order valence-electron chi connectivity index (χ1n) is 9.51. The smallest absolute Gasteiger partial charge is 0.417 e. The van der Waals surface area contributed by atoms with Crippen molar-refractivity contribution in [3.05, 3.63) is 77.6 Å². The summed E-state index contributed by atoms with van der Waals surface area (Å²) in [5.41, 5.74) is 1.49. The fraction of sp³-hybridized carbons (Fsp3) is 0.227. The molecule has 1 aliphatic rings. The Hall–Kier alpha value is -3.42. The van der Waals surface area contributed by atoms with E-state index in [0.717, 1.165) is 49.6 Å². The Kier molecular flexibility index (Phi) is 5.65. The average Bonchev–Trinajstić information content (AvgIpc) is 2.75. The average molecular weight is 412 g/mol. The second-order valence-electron chi connectivity index (χ2n) is 6.93. The van der Waals surface area contributed by atoms with E-state index in [0.29, 0.717) is 5.75 Å². The van der Waals surface area contributed by atoms with E-state index in [9.17, 15) is 13.2 Å². The van der Waals surface area contributed by atoms with Crippen molar-refractivity contribution in [2.75, 3.05) is 18.0 Å². The lowest BCUT2D eigenvalue weighted by molar-refractivity contribution is -0.137. The molecule has 3 aromatic rings. The van der Waals surface area contributed by atoms with E-state index in [1.807, 2.05) is 30.3 Å². The number of piperidine rings is 1. The number of nitrogens with zero attached hydrogens (tertiary/aromatic N) is 4. The van der Waals surface area contributed by atoms with Crippen molar-refractivity contribution in [2.45, 2.75) is 19.0 Å². The second-order valence-corrected chi connectivity index (χ2v) is 6.93. The molecule has 5 nitrogen and oxygen atoms in total. The minimum Gasteiger partial charge on any atom is -0.439 e. The minimum atomic E-state index is -4.42. The van der Waals surface area contributed by atoms with E-state index < -0.39 is 11.7 Å². The van der Waals surface area contributed by atoms with Crippen molar-refractivity contribution < 1.29 is 17.9 Å². The van der Waals surface area contributed by atoms with Crippen LogP contribution in [0.15, 0.2) is 66.5 Å². The highest BCUT2D eigenvalue weighted by molar-refractivity contribution is 5.56. The molecule has 2 aromatic heterocycles. The molecule has 0 N–H and O–H groups in total. The molecular weight excluding hydrogens is 393 g/mol. The Morgan fingerprint density at radius 2 is 1.83 bits per heavy atom. The molecule has 0 unspecified atom stereocenters. The van der Waals surface area contributed by atoms with Gasteiger partial charge in [0.2, 0.25) is 5.88 Å². The lowest BCUT2D eigenvalue weighted by atomic mass is 10.0. The van der Waals surface area contributed by atoms with Gasteiger partial charge in [0.05, 0.1) is 5.56 Å². The molecule has 0 bridgehead atoms. The van der Waals surface area contributed by atoms with Gasteiger partial charge in [-0.15, -0.1) is 5.10 Å². The molecule has 8 heteroatoms. The van der Waals surface area contributed by atoms with Crippen molar-refractivity contribution in [2.24, 2.45) is 0 Å². The van der Waals surface area contributed by atoms with Crippen LogP contribution < -0.4 is 9.64 Å². The van der Waals surface area contributed by atoms with Crippen molar-refractivity contribution in [3.63, 3.8) is 0 Å². The number of rotatable bonds is 4. The molecule has 154 valence electrons. The van der Waals surface area contributed by atoms with Crippen LogP contribution in [-0.2, 0) is 6.18 Å². The number of hydrogen-bond acceptors (Lipinski definition) is 5. The molecule has 1 saturated heterocycles. The van der Waals surface area contributed by atoms with Crippen molar-refractivity contribution in [3.8, 4) is 11.6 Å². The molecule has 3 heterocycles. The summed E-state index contributed by atoms with van der Waals surface area (Å²) in [6.45, 7) is 1.74. The van der Waals surface area contributed by atoms with Gasteiger partial charge >= 0.3 is 6.18 Å². The Morgan fingerprint density at radius 3 is 2.50 bits per heavy atom. The number of halogens is 3. The van der Waals surface area contributed by atoms with E-state index >= 15 is 0 Å². The van der Waals surface area contributed by atoms with Crippen LogP contribution in [0.3, 0.4) is 0 Å². The summed E-state index contributed by atoms with van der Waals surface area (Å²) >= 11 is 0. The summed E-state index contributed by atoms with van der Waals surface area (Å²) in [7, 11) is 0. The molecule has 0 saturated carbocycles. The monoisotopic (exact) mass is 412 g/mol. The Bertz CT molecular complexity index is 1010. The zero-order valence-corrected chi connectivity index (χ0v) is 16.0. The zero-order valence-electron chi connectivity index (χ0n) is 16.0. The molecule has 4 rings (SSSR count). The standard InChI is InChI=1S/C22H19F3N4O/c23-22(24,25)18-6-7-21(26-15-18)30-19-4-1-3-17(14-19)13-16-8-11-29(12-9-16)20-5-2-10-27-28-20/h1-7,10,13-15H,8-9,11-12H2. The SMILES string of the molecule is FC(F)(F)c1ccc(Oc2cccc(C=C3CCN(c4cccnn4)CC3)c2)nc1. The van der Waals surface area contributed by atoms with Crippen LogP contribution in [0.25, 0.3) is 6.08 Å². The van der Waals surface area contributed by atoms with Crippen molar-refractivity contribution in [1.82, 2.24) is 15.2 Å². The second kappa shape index (κ2) is 8.52. The maximum Gasteiger partial charge on any atom is 0.417 e. The highest BCUT2D eigenvalue weighted by atomic mass is 19.4. The van der Waals surface area contributed by atoms with Gasteiger partial charge in [0.15, 0.2) is 5.82 Å². The summed E-state index contributed by atoms with van der Waals surface area (Å²) < 4.78 is 43.6. The van der Waals surface area contributed by atoms with E-state index in [1.165, 1.54) is 11.6 Å². The maximum absolute atomic E-state index is 12.6. The van der Waals surface area contributed by atoms with Gasteiger partial charge < -0.3 is 9.64 Å². The van der Waals surface area contributed by atoms with Gasteiger partial charge in [0, 0.05) is 31.5 Å². The minimum absolute atomic E-state index is 0.116. The fourth-order valence-corrected chi connectivity index (χ4v) is 3.26. The van der Waals surface area contributed by atoms with Crippen LogP contribution in [0.1, 0.15) is 24.0 Å². The molecule has 30 heavy (non-hydrogen) atoms. The molecule has 1 aromatic carbocycles. The third-order valence-corrected chi connectivity index (χ3v) is 4.80. The number of pyridine rings is 1. The maximum atomic E-state index is 12.6. The Labute approximate surface area is 171 Å². The summed E-state index contributed by atoms with van der Waals surface area (Å²) in [5, 5.41) is 8.08. The number of ether oxygens (including phenoxy) is 1. The molecule has 0 aliphatic carbocycles. The van der Waals surface area contributed by atoms with Gasteiger partial charge in [-0.25, -0.2) is 4.98 Å². The number of alkyl halides is 3. The highest BCUT2D eigenvalue weighted by Gasteiger charge is 2.30. The third kappa shape index (κ3) is 4.94. The molecule has 1 fully saturated rings. The van der Waals surface area contributed by atoms with Crippen molar-refractivity contribution in [1.29, 1.82) is 0 Å². The molecule has 0 radical (unpaired) electrons. The first-order chi connectivity index (χ1) is 14.5. The lowest BCUT2D eigenvalue weighted by Gasteiger charge is -2.29. The van der Waals surface area contributed by atoms with Crippen LogP contribution in [0, 0.1) is 0 Å². The van der Waals surface area contributed by atoms with E-state index in [4.69, 9.17) is 4.74 Å². The van der Waals surface area contributed by atoms with Gasteiger partial charge in [-0.2, -0.15) is 18.3 Å². The Balaban J connectivity index is 1.40. The van der Waals surface area contributed by atoms with Gasteiger partial charge in [-0.3, -0.25) is 0 Å². The molecule has 0 amide bonds. The number of hydrogen-bond donors (Lipinski definition) is 0. The van der Waals surface area contributed by atoms with Crippen molar-refractivity contribution >= 4 is 11.9 Å². The van der Waals surface area contributed by atoms with Crippen LogP contribution >= 0.6 is 0 Å². The third-order valence-electron chi connectivity index (χ3n) is 4.80. The summed E-state index contributed by atoms with van der Waals surface area (Å²) in [4.78, 5) is 5.96. The van der Waals surface area contributed by atoms with Gasteiger partial charge in [0.25, 0.3) is 0 Å². The van der Waals surface area contributed by atoms with E-state index in [2.05, 4.69) is 26.2 Å². The molecular formula is C22H19F3N4O. The first-order valence-corrected chi connectivity index (χ1v) is 9.51. The molecule has 0 atom stereocenters. The topological polar surface area (TPSA) is 51.1 Å². The predicted octanol–water partition coefficient (Wildman–Crippen LogP) is 5.37. The fourth-order valence-electron chi connectivity index (χ4n) is 3.26. The number of aromatic nitrogens is 3. The first kappa shape index (κ1) is 19.9. The molecule has 0 spiro atoms. The highest BCUT2D eigenvalue weighted by Crippen LogP contribution is 2.30. The predicted molar refractivity (Wildman–Crippen MR) is 107 cm³/mol. The van der Waals surface area contributed by atoms with E-state index in [-0.39, 0.29) is 5.88 Å². The lowest BCUT2D eigenvalue weighted by Crippen LogP contribution is -2.31. The number of benzene rings is 1. The summed E-state index contributed by atoms with van der Waals surface area (Å²) in [6, 6.07) is 13.4. The quantitative estimate of drug-likeness (QED) is 0.577. The largest absolute Gasteiger partial charge is 0.439 e. The normalized spacial score (nSPS) is 14.5. The van der Waals surface area contributed by atoms with Gasteiger partial charge in [-0.1, -0.05) is 23.8 Å². The van der Waals surface area contributed by atoms with Crippen LogP contribution in [0.2, 0.25) is 0 Å². The number of anilines is 1. The van der Waals surface area contributed by atoms with Crippen LogP contribution in [0.5, 0.6) is 11.6 Å². The zero-order chi connectivity index (χ0) is 21.0. The van der Waals surface area contributed by atoms with Gasteiger partial charge in [0.1, 0.15) is 5.75 Å².